The van der Waals surface area contributed by atoms with Crippen molar-refractivity contribution in [3.8, 4) is 11.3 Å². The molecule has 7 nitrogen and oxygen atoms in total. The Labute approximate surface area is 164 Å². The Bertz CT molecular complexity index is 793. The van der Waals surface area contributed by atoms with Crippen LogP contribution in [-0.4, -0.2) is 66.6 Å². The Kier molecular flexibility index (Phi) is 5.64. The maximum Gasteiger partial charge on any atom is 0.343 e. The van der Waals surface area contributed by atoms with Gasteiger partial charge in [0, 0.05) is 37.8 Å². The molecular formula is C21H27N3O4. The molecule has 7 heteroatoms. The first-order valence-electron chi connectivity index (χ1n) is 10.00. The standard InChI is InChI=1S/C21H27N3O4/c1-15(23-11-13-27-14-12-23)16-7-9-24(10-8-16)20-18(21(25)26)19(28-22-20)17-5-3-2-4-6-17/h2-6,15-16H,7-14H2,1H3,(H,25,26). The number of carbonyl (C=O) groups is 1. The molecule has 1 N–H and O–H groups in total. The van der Waals surface area contributed by atoms with E-state index in [9.17, 15) is 9.90 Å². The number of aromatic nitrogens is 1. The molecule has 2 aliphatic heterocycles. The molecule has 28 heavy (non-hydrogen) atoms. The number of benzene rings is 1. The van der Waals surface area contributed by atoms with Crippen molar-refractivity contribution in [3.05, 3.63) is 35.9 Å². The van der Waals surface area contributed by atoms with Gasteiger partial charge in [0.15, 0.2) is 17.1 Å². The fourth-order valence-corrected chi connectivity index (χ4v) is 4.35. The van der Waals surface area contributed by atoms with Gasteiger partial charge in [0.05, 0.1) is 13.2 Å². The van der Waals surface area contributed by atoms with E-state index < -0.39 is 5.97 Å². The van der Waals surface area contributed by atoms with Crippen molar-refractivity contribution in [3.63, 3.8) is 0 Å². The number of piperidine rings is 1. The SMILES string of the molecule is CC(C1CCN(c2noc(-c3ccccc3)c2C(=O)O)CC1)N1CCOCC1. The first-order valence-corrected chi connectivity index (χ1v) is 10.00. The molecule has 0 amide bonds. The number of carboxylic acid groups (broad SMARTS) is 1. The van der Waals surface area contributed by atoms with Gasteiger partial charge in [-0.05, 0) is 25.7 Å². The average Bonchev–Trinajstić information content (AvgIpc) is 3.20. The van der Waals surface area contributed by atoms with Gasteiger partial charge in [0.1, 0.15) is 0 Å². The Morgan fingerprint density at radius 3 is 2.46 bits per heavy atom. The molecule has 1 unspecified atom stereocenters. The van der Waals surface area contributed by atoms with Crippen LogP contribution in [0.3, 0.4) is 0 Å². The third kappa shape index (κ3) is 3.77. The number of anilines is 1. The zero-order valence-electron chi connectivity index (χ0n) is 16.2. The molecule has 1 atom stereocenters. The smallest absolute Gasteiger partial charge is 0.343 e. The van der Waals surface area contributed by atoms with E-state index in [2.05, 4.69) is 21.9 Å². The van der Waals surface area contributed by atoms with Crippen LogP contribution < -0.4 is 4.90 Å². The minimum atomic E-state index is -1.00. The minimum absolute atomic E-state index is 0.158. The summed E-state index contributed by atoms with van der Waals surface area (Å²) < 4.78 is 10.9. The minimum Gasteiger partial charge on any atom is -0.477 e. The maximum absolute atomic E-state index is 12.0. The van der Waals surface area contributed by atoms with E-state index in [0.717, 1.165) is 57.8 Å². The van der Waals surface area contributed by atoms with Gasteiger partial charge in [-0.2, -0.15) is 0 Å². The van der Waals surface area contributed by atoms with E-state index in [1.165, 1.54) is 0 Å². The molecule has 2 aliphatic rings. The lowest BCUT2D eigenvalue weighted by molar-refractivity contribution is 0.00446. The molecule has 150 valence electrons. The Hall–Kier alpha value is -2.38. The monoisotopic (exact) mass is 385 g/mol. The molecule has 2 aromatic rings. The van der Waals surface area contributed by atoms with E-state index in [1.807, 2.05) is 30.3 Å². The number of morpholine rings is 1. The lowest BCUT2D eigenvalue weighted by Crippen LogP contribution is -2.48. The van der Waals surface area contributed by atoms with Crippen molar-refractivity contribution in [2.45, 2.75) is 25.8 Å². The molecule has 4 rings (SSSR count). The fraction of sp³-hybridized carbons (Fsp3) is 0.524. The van der Waals surface area contributed by atoms with Crippen LogP contribution in [0.5, 0.6) is 0 Å². The van der Waals surface area contributed by atoms with Crippen molar-refractivity contribution in [2.75, 3.05) is 44.3 Å². The van der Waals surface area contributed by atoms with Crippen molar-refractivity contribution < 1.29 is 19.2 Å². The van der Waals surface area contributed by atoms with E-state index in [4.69, 9.17) is 9.26 Å². The zero-order chi connectivity index (χ0) is 19.5. The van der Waals surface area contributed by atoms with Crippen LogP contribution in [0.25, 0.3) is 11.3 Å². The van der Waals surface area contributed by atoms with Crippen LogP contribution in [0.2, 0.25) is 0 Å². The van der Waals surface area contributed by atoms with Crippen molar-refractivity contribution in [1.82, 2.24) is 10.1 Å². The first-order chi connectivity index (χ1) is 13.6. The van der Waals surface area contributed by atoms with Gasteiger partial charge >= 0.3 is 5.97 Å². The van der Waals surface area contributed by atoms with Crippen molar-refractivity contribution in [2.24, 2.45) is 5.92 Å². The van der Waals surface area contributed by atoms with E-state index >= 15 is 0 Å². The zero-order valence-corrected chi connectivity index (χ0v) is 16.2. The predicted molar refractivity (Wildman–Crippen MR) is 106 cm³/mol. The second-order valence-corrected chi connectivity index (χ2v) is 7.59. The molecule has 0 aliphatic carbocycles. The third-order valence-corrected chi connectivity index (χ3v) is 6.07. The van der Waals surface area contributed by atoms with Gasteiger partial charge in [-0.1, -0.05) is 35.5 Å². The summed E-state index contributed by atoms with van der Waals surface area (Å²) in [5.41, 5.74) is 0.889. The van der Waals surface area contributed by atoms with Crippen LogP contribution in [0.4, 0.5) is 5.82 Å². The van der Waals surface area contributed by atoms with Gasteiger partial charge in [0.25, 0.3) is 0 Å². The van der Waals surface area contributed by atoms with Gasteiger partial charge in [0.2, 0.25) is 0 Å². The molecule has 3 heterocycles. The number of aromatic carboxylic acids is 1. The highest BCUT2D eigenvalue weighted by Gasteiger charge is 2.33. The highest BCUT2D eigenvalue weighted by Crippen LogP contribution is 2.34. The summed E-state index contributed by atoms with van der Waals surface area (Å²) >= 11 is 0. The lowest BCUT2D eigenvalue weighted by Gasteiger charge is -2.41. The molecule has 0 saturated carbocycles. The highest BCUT2D eigenvalue weighted by atomic mass is 16.5. The predicted octanol–water partition coefficient (Wildman–Crippen LogP) is 2.98. The van der Waals surface area contributed by atoms with Crippen LogP contribution in [-0.2, 0) is 4.74 Å². The van der Waals surface area contributed by atoms with E-state index in [1.54, 1.807) is 0 Å². The third-order valence-electron chi connectivity index (χ3n) is 6.07. The molecule has 2 fully saturated rings. The number of ether oxygens (including phenoxy) is 1. The second kappa shape index (κ2) is 8.32. The molecular weight excluding hydrogens is 358 g/mol. The quantitative estimate of drug-likeness (QED) is 0.848. The Balaban J connectivity index is 1.47. The average molecular weight is 385 g/mol. The van der Waals surface area contributed by atoms with Gasteiger partial charge in [-0.25, -0.2) is 4.79 Å². The molecule has 2 saturated heterocycles. The summed E-state index contributed by atoms with van der Waals surface area (Å²) in [6.07, 6.45) is 2.04. The summed E-state index contributed by atoms with van der Waals surface area (Å²) in [6, 6.07) is 9.81. The summed E-state index contributed by atoms with van der Waals surface area (Å²) in [7, 11) is 0. The summed E-state index contributed by atoms with van der Waals surface area (Å²) in [6.45, 7) is 7.50. The Morgan fingerprint density at radius 1 is 1.14 bits per heavy atom. The summed E-state index contributed by atoms with van der Waals surface area (Å²) in [4.78, 5) is 16.5. The second-order valence-electron chi connectivity index (χ2n) is 7.59. The fourth-order valence-electron chi connectivity index (χ4n) is 4.35. The number of hydrogen-bond donors (Lipinski definition) is 1. The van der Waals surface area contributed by atoms with Crippen LogP contribution in [0.15, 0.2) is 34.9 Å². The lowest BCUT2D eigenvalue weighted by atomic mass is 9.89. The van der Waals surface area contributed by atoms with Crippen LogP contribution in [0.1, 0.15) is 30.1 Å². The van der Waals surface area contributed by atoms with Crippen molar-refractivity contribution >= 4 is 11.8 Å². The van der Waals surface area contributed by atoms with Gasteiger partial charge in [-0.3, -0.25) is 4.90 Å². The first kappa shape index (κ1) is 19.0. The van der Waals surface area contributed by atoms with Crippen molar-refractivity contribution in [1.29, 1.82) is 0 Å². The maximum atomic E-state index is 12.0. The molecule has 0 radical (unpaired) electrons. The number of nitrogens with zero attached hydrogens (tertiary/aromatic N) is 3. The normalized spacial score (nSPS) is 20.2. The number of carboxylic acids is 1. The summed E-state index contributed by atoms with van der Waals surface area (Å²) in [5, 5.41) is 13.9. The molecule has 0 bridgehead atoms. The van der Waals surface area contributed by atoms with Gasteiger partial charge < -0.3 is 19.3 Å². The molecule has 1 aromatic carbocycles. The van der Waals surface area contributed by atoms with E-state index in [0.29, 0.717) is 23.5 Å². The largest absolute Gasteiger partial charge is 0.477 e. The van der Waals surface area contributed by atoms with E-state index in [-0.39, 0.29) is 5.56 Å². The van der Waals surface area contributed by atoms with Crippen LogP contribution in [0, 0.1) is 5.92 Å². The highest BCUT2D eigenvalue weighted by molar-refractivity contribution is 5.99. The number of hydrogen-bond acceptors (Lipinski definition) is 6. The topological polar surface area (TPSA) is 79.0 Å². The van der Waals surface area contributed by atoms with Gasteiger partial charge in [-0.15, -0.1) is 0 Å². The molecule has 0 spiro atoms. The number of rotatable bonds is 5. The Morgan fingerprint density at radius 2 is 1.82 bits per heavy atom. The summed E-state index contributed by atoms with van der Waals surface area (Å²) in [5.74, 6) is 0.373. The van der Waals surface area contributed by atoms with Crippen LogP contribution >= 0.6 is 0 Å². The molecule has 1 aromatic heterocycles.